The zero-order valence-corrected chi connectivity index (χ0v) is 21.9. The summed E-state index contributed by atoms with van der Waals surface area (Å²) in [5, 5.41) is 8.27. The van der Waals surface area contributed by atoms with E-state index in [9.17, 15) is 4.79 Å². The molecule has 0 saturated heterocycles. The van der Waals surface area contributed by atoms with Crippen molar-refractivity contribution in [2.45, 2.75) is 39.8 Å². The van der Waals surface area contributed by atoms with Gasteiger partial charge < -0.3 is 14.8 Å². The van der Waals surface area contributed by atoms with Crippen LogP contribution in [-0.4, -0.2) is 25.3 Å². The van der Waals surface area contributed by atoms with Crippen molar-refractivity contribution in [1.82, 2.24) is 19.2 Å². The molecule has 5 aromatic rings. The van der Waals surface area contributed by atoms with E-state index in [1.165, 1.54) is 0 Å². The number of nitrogens with one attached hydrogen (secondary N) is 1. The zero-order valence-electron chi connectivity index (χ0n) is 21.9. The largest absolute Gasteiger partial charge is 0.322 e. The van der Waals surface area contributed by atoms with Gasteiger partial charge in [0, 0.05) is 17.4 Å². The van der Waals surface area contributed by atoms with Crippen LogP contribution in [0.15, 0.2) is 97.2 Å². The molecule has 0 bridgehead atoms. The van der Waals surface area contributed by atoms with Gasteiger partial charge in [-0.1, -0.05) is 67.6 Å². The number of amides is 2. The molecule has 0 fully saturated rings. The standard InChI is InChI=1S/C32H31N5O/c1-4-27-26-21-36(32(38)33-28-20-22(2)17-18-23(28)3)30(24-12-7-5-8-13-24)29-16-11-19-35(29)31(26)37(34-27)25-14-9-6-10-15-25/h5-20,30H,4,21H2,1-3H3,(H,33,38)/t30-/m1/s1. The number of fused-ring (bicyclic) bond motifs is 3. The topological polar surface area (TPSA) is 55.1 Å². The SMILES string of the molecule is CCc1nn(-c2ccccc2)c2c1CN(C(=O)Nc1cc(C)ccc1C)[C@H](c1ccccc1)c1cccn1-2. The predicted octanol–water partition coefficient (Wildman–Crippen LogP) is 6.98. The second kappa shape index (κ2) is 9.71. The van der Waals surface area contributed by atoms with Crippen LogP contribution >= 0.6 is 0 Å². The molecule has 3 heterocycles. The quantitative estimate of drug-likeness (QED) is 0.289. The number of hydrogen-bond acceptors (Lipinski definition) is 2. The van der Waals surface area contributed by atoms with Crippen molar-refractivity contribution in [1.29, 1.82) is 0 Å². The summed E-state index contributed by atoms with van der Waals surface area (Å²) < 4.78 is 4.23. The van der Waals surface area contributed by atoms with E-state index in [1.54, 1.807) is 0 Å². The van der Waals surface area contributed by atoms with Gasteiger partial charge in [0.05, 0.1) is 29.7 Å². The number of para-hydroxylation sites is 1. The molecule has 0 radical (unpaired) electrons. The molecule has 0 spiro atoms. The van der Waals surface area contributed by atoms with Crippen LogP contribution < -0.4 is 5.32 Å². The Morgan fingerprint density at radius 2 is 1.68 bits per heavy atom. The third kappa shape index (κ3) is 4.08. The van der Waals surface area contributed by atoms with Crippen LogP contribution in [0.5, 0.6) is 0 Å². The van der Waals surface area contributed by atoms with E-state index in [0.717, 1.165) is 57.3 Å². The van der Waals surface area contributed by atoms with Gasteiger partial charge in [-0.05, 0) is 67.3 Å². The van der Waals surface area contributed by atoms with E-state index in [-0.39, 0.29) is 12.1 Å². The van der Waals surface area contributed by atoms with E-state index >= 15 is 0 Å². The summed E-state index contributed by atoms with van der Waals surface area (Å²) in [6.07, 6.45) is 2.85. The van der Waals surface area contributed by atoms with E-state index in [1.807, 2.05) is 72.0 Å². The fraction of sp³-hybridized carbons (Fsp3) is 0.188. The smallest absolute Gasteiger partial charge is 0.308 e. The summed E-state index contributed by atoms with van der Waals surface area (Å²) in [4.78, 5) is 16.1. The van der Waals surface area contributed by atoms with Crippen molar-refractivity contribution in [2.75, 3.05) is 5.32 Å². The lowest BCUT2D eigenvalue weighted by Crippen LogP contribution is -2.38. The third-order valence-corrected chi connectivity index (χ3v) is 7.31. The van der Waals surface area contributed by atoms with Crippen LogP contribution in [0, 0.1) is 13.8 Å². The normalized spacial score (nSPS) is 14.5. The Kier molecular flexibility index (Phi) is 6.08. The first-order chi connectivity index (χ1) is 18.5. The average Bonchev–Trinajstić information content (AvgIpc) is 3.52. The number of aryl methyl sites for hydroxylation is 3. The van der Waals surface area contributed by atoms with Gasteiger partial charge in [-0.2, -0.15) is 5.10 Å². The molecule has 1 aliphatic heterocycles. The van der Waals surface area contributed by atoms with Gasteiger partial charge in [-0.3, -0.25) is 0 Å². The zero-order chi connectivity index (χ0) is 26.2. The fourth-order valence-corrected chi connectivity index (χ4v) is 5.39. The van der Waals surface area contributed by atoms with Crippen LogP contribution in [0.3, 0.4) is 0 Å². The highest BCUT2D eigenvalue weighted by atomic mass is 16.2. The Hall–Kier alpha value is -4.58. The first kappa shape index (κ1) is 23.8. The number of nitrogens with zero attached hydrogens (tertiary/aromatic N) is 4. The molecule has 3 aromatic carbocycles. The number of aromatic nitrogens is 3. The Morgan fingerprint density at radius 1 is 0.947 bits per heavy atom. The molecule has 38 heavy (non-hydrogen) atoms. The molecule has 2 amide bonds. The van der Waals surface area contributed by atoms with Crippen LogP contribution in [0.25, 0.3) is 11.5 Å². The van der Waals surface area contributed by atoms with Crippen molar-refractivity contribution in [2.24, 2.45) is 0 Å². The van der Waals surface area contributed by atoms with Gasteiger partial charge in [-0.15, -0.1) is 0 Å². The summed E-state index contributed by atoms with van der Waals surface area (Å²) in [6.45, 7) is 6.62. The highest BCUT2D eigenvalue weighted by Crippen LogP contribution is 2.39. The number of carbonyl (C=O) groups excluding carboxylic acids is 1. The molecule has 0 unspecified atom stereocenters. The molecule has 1 N–H and O–H groups in total. The number of hydrogen-bond donors (Lipinski definition) is 1. The minimum Gasteiger partial charge on any atom is -0.308 e. The number of anilines is 1. The molecule has 190 valence electrons. The van der Waals surface area contributed by atoms with Crippen molar-refractivity contribution in [3.8, 4) is 11.5 Å². The lowest BCUT2D eigenvalue weighted by Gasteiger charge is -2.31. The van der Waals surface area contributed by atoms with Crippen molar-refractivity contribution >= 4 is 11.7 Å². The molecule has 1 aliphatic rings. The highest BCUT2D eigenvalue weighted by Gasteiger charge is 2.36. The fourth-order valence-electron chi connectivity index (χ4n) is 5.39. The van der Waals surface area contributed by atoms with Crippen LogP contribution in [0.2, 0.25) is 0 Å². The summed E-state index contributed by atoms with van der Waals surface area (Å²) in [5.74, 6) is 0.982. The maximum atomic E-state index is 14.2. The second-order valence-corrected chi connectivity index (χ2v) is 9.84. The van der Waals surface area contributed by atoms with E-state index in [0.29, 0.717) is 6.54 Å². The summed E-state index contributed by atoms with van der Waals surface area (Å²) in [7, 11) is 0. The molecule has 6 rings (SSSR count). The molecular formula is C32H31N5O. The first-order valence-electron chi connectivity index (χ1n) is 13.1. The molecule has 2 aromatic heterocycles. The second-order valence-electron chi connectivity index (χ2n) is 9.84. The van der Waals surface area contributed by atoms with Gasteiger partial charge in [-0.25, -0.2) is 9.48 Å². The van der Waals surface area contributed by atoms with Gasteiger partial charge in [0.15, 0.2) is 0 Å². The Morgan fingerprint density at radius 3 is 2.42 bits per heavy atom. The maximum absolute atomic E-state index is 14.2. The van der Waals surface area contributed by atoms with E-state index < -0.39 is 0 Å². The van der Waals surface area contributed by atoms with Gasteiger partial charge in [0.1, 0.15) is 5.82 Å². The molecular weight excluding hydrogens is 470 g/mol. The summed E-state index contributed by atoms with van der Waals surface area (Å²) >= 11 is 0. The minimum absolute atomic E-state index is 0.136. The summed E-state index contributed by atoms with van der Waals surface area (Å²) in [5.41, 5.74) is 8.09. The monoisotopic (exact) mass is 501 g/mol. The van der Waals surface area contributed by atoms with Crippen LogP contribution in [-0.2, 0) is 13.0 Å². The molecule has 0 saturated carbocycles. The van der Waals surface area contributed by atoms with Gasteiger partial charge in [0.2, 0.25) is 0 Å². The average molecular weight is 502 g/mol. The third-order valence-electron chi connectivity index (χ3n) is 7.31. The van der Waals surface area contributed by atoms with Crippen molar-refractivity contribution in [3.05, 3.63) is 131 Å². The van der Waals surface area contributed by atoms with Crippen molar-refractivity contribution < 1.29 is 4.79 Å². The Bertz CT molecular complexity index is 1600. The first-order valence-corrected chi connectivity index (χ1v) is 13.1. The van der Waals surface area contributed by atoms with E-state index in [4.69, 9.17) is 5.10 Å². The minimum atomic E-state index is -0.280. The number of urea groups is 1. The lowest BCUT2D eigenvalue weighted by atomic mass is 10.0. The lowest BCUT2D eigenvalue weighted by molar-refractivity contribution is 0.194. The Balaban J connectivity index is 1.55. The predicted molar refractivity (Wildman–Crippen MR) is 151 cm³/mol. The molecule has 6 heteroatoms. The summed E-state index contributed by atoms with van der Waals surface area (Å²) in [6, 6.07) is 30.4. The van der Waals surface area contributed by atoms with Gasteiger partial charge in [0.25, 0.3) is 0 Å². The highest BCUT2D eigenvalue weighted by molar-refractivity contribution is 5.91. The molecule has 1 atom stereocenters. The maximum Gasteiger partial charge on any atom is 0.322 e. The molecule has 0 aliphatic carbocycles. The number of rotatable bonds is 4. The number of carbonyl (C=O) groups is 1. The van der Waals surface area contributed by atoms with Gasteiger partial charge >= 0.3 is 6.03 Å². The van der Waals surface area contributed by atoms with E-state index in [2.05, 4.69) is 65.5 Å². The number of benzene rings is 3. The van der Waals surface area contributed by atoms with Crippen molar-refractivity contribution in [3.63, 3.8) is 0 Å². The Labute approximate surface area is 223 Å². The van der Waals surface area contributed by atoms with Crippen LogP contribution in [0.4, 0.5) is 10.5 Å². The molecule has 6 nitrogen and oxygen atoms in total. The van der Waals surface area contributed by atoms with Crippen LogP contribution in [0.1, 0.15) is 46.6 Å².